The first-order chi connectivity index (χ1) is 14.7. The maximum absolute atomic E-state index is 11.5. The van der Waals surface area contributed by atoms with Gasteiger partial charge in [0.25, 0.3) is 0 Å². The fourth-order valence-corrected chi connectivity index (χ4v) is 3.03. The van der Waals surface area contributed by atoms with Crippen LogP contribution in [0.3, 0.4) is 0 Å². The molecule has 0 amide bonds. The molecule has 4 rings (SSSR count). The Morgan fingerprint density at radius 3 is 1.90 bits per heavy atom. The summed E-state index contributed by atoms with van der Waals surface area (Å²) >= 11 is 0. The Morgan fingerprint density at radius 2 is 1.23 bits per heavy atom. The van der Waals surface area contributed by atoms with Crippen LogP contribution in [-0.4, -0.2) is 11.9 Å². The lowest BCUT2D eigenvalue weighted by atomic mass is 10.1. The van der Waals surface area contributed by atoms with E-state index in [-0.39, 0.29) is 0 Å². The van der Waals surface area contributed by atoms with Gasteiger partial charge < -0.3 is 5.21 Å². The summed E-state index contributed by atoms with van der Waals surface area (Å²) < 4.78 is 0. The standard InChI is InChI=1S/C25H20N4O/c1-26-29(30)25-16-10-20(11-17-25)7-6-19-8-13-23(14-9-19)27-28-24-15-12-21-4-2-3-5-22(21)18-24/h2-18H,1H3/b7-6+,28-27?,29-26?. The summed E-state index contributed by atoms with van der Waals surface area (Å²) in [6.45, 7) is 0. The van der Waals surface area contributed by atoms with Crippen LogP contribution in [0.15, 0.2) is 106 Å². The minimum atomic E-state index is 0.510. The fraction of sp³-hybridized carbons (Fsp3) is 0.0400. The molecule has 0 bridgehead atoms. The molecule has 4 aromatic rings. The fourth-order valence-electron chi connectivity index (χ4n) is 3.03. The third kappa shape index (κ3) is 4.64. The number of rotatable bonds is 5. The molecular formula is C25H20N4O. The van der Waals surface area contributed by atoms with Crippen LogP contribution >= 0.6 is 0 Å². The predicted octanol–water partition coefficient (Wildman–Crippen LogP) is 7.65. The highest BCUT2D eigenvalue weighted by Gasteiger charge is 2.00. The van der Waals surface area contributed by atoms with Gasteiger partial charge in [0.2, 0.25) is 5.69 Å². The quantitative estimate of drug-likeness (QED) is 0.149. The van der Waals surface area contributed by atoms with Gasteiger partial charge in [-0.3, -0.25) is 0 Å². The van der Waals surface area contributed by atoms with Gasteiger partial charge in [-0.1, -0.05) is 59.5 Å². The van der Waals surface area contributed by atoms with Gasteiger partial charge in [-0.05, 0) is 63.4 Å². The Kier molecular flexibility index (Phi) is 5.71. The van der Waals surface area contributed by atoms with Crippen molar-refractivity contribution in [3.63, 3.8) is 0 Å². The van der Waals surface area contributed by atoms with Gasteiger partial charge in [0.05, 0.1) is 18.4 Å². The van der Waals surface area contributed by atoms with Gasteiger partial charge in [-0.2, -0.15) is 10.2 Å². The highest BCUT2D eigenvalue weighted by atomic mass is 16.5. The number of hydrogen-bond donors (Lipinski definition) is 0. The molecule has 0 aliphatic carbocycles. The number of azo groups is 2. The Balaban J connectivity index is 1.43. The van der Waals surface area contributed by atoms with Crippen molar-refractivity contribution < 1.29 is 4.86 Å². The zero-order valence-electron chi connectivity index (χ0n) is 16.5. The lowest BCUT2D eigenvalue weighted by Crippen LogP contribution is -1.89. The summed E-state index contributed by atoms with van der Waals surface area (Å²) in [6, 6.07) is 29.4. The monoisotopic (exact) mass is 392 g/mol. The third-order valence-electron chi connectivity index (χ3n) is 4.67. The lowest BCUT2D eigenvalue weighted by Gasteiger charge is -2.00. The first kappa shape index (κ1) is 19.2. The molecule has 146 valence electrons. The summed E-state index contributed by atoms with van der Waals surface area (Å²) in [6.07, 6.45) is 4.01. The van der Waals surface area contributed by atoms with Crippen molar-refractivity contribution in [2.24, 2.45) is 15.3 Å². The molecule has 5 nitrogen and oxygen atoms in total. The zero-order valence-corrected chi connectivity index (χ0v) is 16.5. The lowest BCUT2D eigenvalue weighted by molar-refractivity contribution is -0.439. The van der Waals surface area contributed by atoms with Crippen LogP contribution in [0.2, 0.25) is 0 Å². The van der Waals surface area contributed by atoms with Gasteiger partial charge in [-0.15, -0.1) is 0 Å². The number of benzene rings is 4. The average Bonchev–Trinajstić information content (AvgIpc) is 2.81. The molecule has 0 heterocycles. The van der Waals surface area contributed by atoms with Crippen LogP contribution < -0.4 is 0 Å². The van der Waals surface area contributed by atoms with E-state index in [0.29, 0.717) is 10.5 Å². The Bertz CT molecular complexity index is 1240. The summed E-state index contributed by atoms with van der Waals surface area (Å²) in [7, 11) is 1.46. The van der Waals surface area contributed by atoms with Crippen LogP contribution in [0.4, 0.5) is 17.1 Å². The van der Waals surface area contributed by atoms with E-state index in [1.54, 1.807) is 12.1 Å². The molecule has 0 aliphatic rings. The van der Waals surface area contributed by atoms with Gasteiger partial charge in [0.15, 0.2) is 0 Å². The van der Waals surface area contributed by atoms with Crippen molar-refractivity contribution in [1.82, 2.24) is 0 Å². The second-order valence-electron chi connectivity index (χ2n) is 6.72. The molecule has 0 aromatic heterocycles. The van der Waals surface area contributed by atoms with Crippen LogP contribution in [-0.2, 0) is 0 Å². The van der Waals surface area contributed by atoms with Crippen LogP contribution in [0.5, 0.6) is 0 Å². The van der Waals surface area contributed by atoms with Crippen LogP contribution in [0.1, 0.15) is 11.1 Å². The number of hydrogen-bond acceptors (Lipinski definition) is 4. The van der Waals surface area contributed by atoms with E-state index < -0.39 is 0 Å². The maximum atomic E-state index is 11.5. The molecule has 0 spiro atoms. The summed E-state index contributed by atoms with van der Waals surface area (Å²) in [5.74, 6) is 0. The van der Waals surface area contributed by atoms with E-state index in [0.717, 1.165) is 27.9 Å². The topological polar surface area (TPSA) is 63.1 Å². The molecule has 5 heteroatoms. The molecule has 0 unspecified atom stereocenters. The Morgan fingerprint density at radius 1 is 0.667 bits per heavy atom. The van der Waals surface area contributed by atoms with Gasteiger partial charge in [0.1, 0.15) is 0 Å². The van der Waals surface area contributed by atoms with E-state index in [9.17, 15) is 5.21 Å². The molecule has 0 radical (unpaired) electrons. The Labute approximate surface area is 174 Å². The first-order valence-corrected chi connectivity index (χ1v) is 9.57. The van der Waals surface area contributed by atoms with Crippen molar-refractivity contribution in [3.05, 3.63) is 107 Å². The summed E-state index contributed by atoms with van der Waals surface area (Å²) in [5, 5.41) is 26.1. The molecule has 0 saturated heterocycles. The highest BCUT2D eigenvalue weighted by Crippen LogP contribution is 2.24. The first-order valence-electron chi connectivity index (χ1n) is 9.57. The van der Waals surface area contributed by atoms with Gasteiger partial charge in [0, 0.05) is 12.1 Å². The largest absolute Gasteiger partial charge is 0.594 e. The van der Waals surface area contributed by atoms with Gasteiger partial charge in [-0.25, -0.2) is 0 Å². The second-order valence-corrected chi connectivity index (χ2v) is 6.72. The average molecular weight is 392 g/mol. The molecule has 0 saturated carbocycles. The third-order valence-corrected chi connectivity index (χ3v) is 4.67. The molecule has 0 N–H and O–H groups in total. The molecular weight excluding hydrogens is 372 g/mol. The van der Waals surface area contributed by atoms with E-state index in [2.05, 4.69) is 33.5 Å². The van der Waals surface area contributed by atoms with Gasteiger partial charge >= 0.3 is 0 Å². The zero-order chi connectivity index (χ0) is 20.8. The van der Waals surface area contributed by atoms with E-state index >= 15 is 0 Å². The number of fused-ring (bicyclic) bond motifs is 1. The van der Waals surface area contributed by atoms with E-state index in [1.807, 2.05) is 72.8 Å². The maximum Gasteiger partial charge on any atom is 0.244 e. The highest BCUT2D eigenvalue weighted by molar-refractivity contribution is 5.85. The van der Waals surface area contributed by atoms with Crippen molar-refractivity contribution >= 4 is 40.0 Å². The Hall–Kier alpha value is -4.12. The minimum absolute atomic E-state index is 0.510. The normalized spacial score (nSPS) is 12.2. The van der Waals surface area contributed by atoms with Crippen molar-refractivity contribution in [2.75, 3.05) is 7.05 Å². The SMILES string of the molecule is CN=[N+]([O-])c1ccc(/C=C/c2ccc(N=Nc3ccc4ccccc4c3)cc2)cc1. The van der Waals surface area contributed by atoms with Crippen molar-refractivity contribution in [3.8, 4) is 0 Å². The molecule has 0 fully saturated rings. The van der Waals surface area contributed by atoms with Crippen molar-refractivity contribution in [2.45, 2.75) is 0 Å². The van der Waals surface area contributed by atoms with Crippen LogP contribution in [0, 0.1) is 5.21 Å². The summed E-state index contributed by atoms with van der Waals surface area (Å²) in [5.41, 5.74) is 4.19. The minimum Gasteiger partial charge on any atom is -0.594 e. The van der Waals surface area contributed by atoms with E-state index in [4.69, 9.17) is 0 Å². The number of nitrogens with zero attached hydrogens (tertiary/aromatic N) is 4. The molecule has 30 heavy (non-hydrogen) atoms. The molecule has 0 aliphatic heterocycles. The summed E-state index contributed by atoms with van der Waals surface area (Å²) in [4.78, 5) is 0.596. The van der Waals surface area contributed by atoms with Crippen LogP contribution in [0.25, 0.3) is 22.9 Å². The van der Waals surface area contributed by atoms with E-state index in [1.165, 1.54) is 12.4 Å². The smallest absolute Gasteiger partial charge is 0.244 e. The molecule has 4 aromatic carbocycles. The molecule has 0 atom stereocenters. The predicted molar refractivity (Wildman–Crippen MR) is 122 cm³/mol. The van der Waals surface area contributed by atoms with Crippen molar-refractivity contribution in [1.29, 1.82) is 0 Å². The second kappa shape index (κ2) is 8.92.